The first-order valence-corrected chi connectivity index (χ1v) is 7.26. The molecular formula is C15H14ClN5O2. The first-order valence-electron chi connectivity index (χ1n) is 6.89. The molecule has 1 N–H and O–H groups in total. The molecule has 23 heavy (non-hydrogen) atoms. The predicted octanol–water partition coefficient (Wildman–Crippen LogP) is 1.73. The molecule has 0 atom stereocenters. The number of aromatic nitrogens is 4. The van der Waals surface area contributed by atoms with Crippen LogP contribution < -0.4 is 10.9 Å². The fourth-order valence-corrected chi connectivity index (χ4v) is 2.39. The molecule has 118 valence electrons. The average molecular weight is 332 g/mol. The number of carbonyl (C=O) groups excluding carboxylic acids is 1. The van der Waals surface area contributed by atoms with E-state index in [2.05, 4.69) is 15.4 Å². The normalized spacial score (nSPS) is 10.9. The van der Waals surface area contributed by atoms with Gasteiger partial charge in [-0.1, -0.05) is 17.7 Å². The number of anilines is 1. The highest BCUT2D eigenvalue weighted by Crippen LogP contribution is 2.19. The van der Waals surface area contributed by atoms with Crippen LogP contribution in [0.2, 0.25) is 5.02 Å². The molecule has 0 aliphatic carbocycles. The maximum absolute atomic E-state index is 12.3. The number of aryl methyl sites for hydroxylation is 2. The number of halogens is 1. The van der Waals surface area contributed by atoms with Crippen molar-refractivity contribution >= 4 is 34.2 Å². The lowest BCUT2D eigenvalue weighted by Gasteiger charge is -2.08. The Morgan fingerprint density at radius 3 is 2.91 bits per heavy atom. The van der Waals surface area contributed by atoms with Gasteiger partial charge in [-0.2, -0.15) is 5.10 Å². The zero-order chi connectivity index (χ0) is 16.6. The largest absolute Gasteiger partial charge is 0.324 e. The number of nitrogens with one attached hydrogen (secondary N) is 1. The summed E-state index contributed by atoms with van der Waals surface area (Å²) in [6.45, 7) is 1.74. The van der Waals surface area contributed by atoms with Gasteiger partial charge in [0.05, 0.1) is 6.20 Å². The minimum Gasteiger partial charge on any atom is -0.324 e. The van der Waals surface area contributed by atoms with E-state index in [1.165, 1.54) is 21.8 Å². The highest BCUT2D eigenvalue weighted by atomic mass is 35.5. The molecule has 0 bridgehead atoms. The number of fused-ring (bicyclic) bond motifs is 1. The summed E-state index contributed by atoms with van der Waals surface area (Å²) in [5.74, 6) is -0.336. The number of nitrogens with zero attached hydrogens (tertiary/aromatic N) is 4. The minimum absolute atomic E-state index is 0.137. The van der Waals surface area contributed by atoms with Gasteiger partial charge in [-0.05, 0) is 24.6 Å². The van der Waals surface area contributed by atoms with Crippen molar-refractivity contribution in [1.82, 2.24) is 19.3 Å². The van der Waals surface area contributed by atoms with Crippen LogP contribution in [-0.4, -0.2) is 25.2 Å². The van der Waals surface area contributed by atoms with Crippen molar-refractivity contribution in [1.29, 1.82) is 0 Å². The number of carbonyl (C=O) groups is 1. The molecule has 0 fully saturated rings. The molecule has 3 aromatic rings. The highest BCUT2D eigenvalue weighted by molar-refractivity contribution is 6.31. The minimum atomic E-state index is -0.336. The van der Waals surface area contributed by atoms with Crippen LogP contribution in [0.5, 0.6) is 0 Å². The molecule has 7 nitrogen and oxygen atoms in total. The molecule has 3 rings (SSSR count). The second kappa shape index (κ2) is 5.85. The monoisotopic (exact) mass is 331 g/mol. The molecule has 0 saturated carbocycles. The van der Waals surface area contributed by atoms with E-state index in [4.69, 9.17) is 11.6 Å². The van der Waals surface area contributed by atoms with Crippen LogP contribution in [0, 0.1) is 6.92 Å². The van der Waals surface area contributed by atoms with Crippen LogP contribution in [0.25, 0.3) is 11.0 Å². The Bertz CT molecular complexity index is 960. The van der Waals surface area contributed by atoms with E-state index in [0.29, 0.717) is 21.7 Å². The van der Waals surface area contributed by atoms with Crippen LogP contribution >= 0.6 is 11.6 Å². The van der Waals surface area contributed by atoms with Crippen molar-refractivity contribution in [2.24, 2.45) is 7.05 Å². The molecule has 2 heterocycles. The van der Waals surface area contributed by atoms with Gasteiger partial charge in [-0.3, -0.25) is 18.8 Å². The summed E-state index contributed by atoms with van der Waals surface area (Å²) in [7, 11) is 1.70. The molecule has 8 heteroatoms. The van der Waals surface area contributed by atoms with Gasteiger partial charge in [0.2, 0.25) is 5.91 Å². The summed E-state index contributed by atoms with van der Waals surface area (Å²) in [4.78, 5) is 28.6. The summed E-state index contributed by atoms with van der Waals surface area (Å²) >= 11 is 6.02. The SMILES string of the molecule is Cc1ccc(NC(=O)Cn2cnc3c(cnn3C)c2=O)cc1Cl. The lowest BCUT2D eigenvalue weighted by molar-refractivity contribution is -0.116. The van der Waals surface area contributed by atoms with Gasteiger partial charge in [0.25, 0.3) is 5.56 Å². The second-order valence-electron chi connectivity index (χ2n) is 5.20. The van der Waals surface area contributed by atoms with Gasteiger partial charge >= 0.3 is 0 Å². The topological polar surface area (TPSA) is 81.8 Å². The summed E-state index contributed by atoms with van der Waals surface area (Å²) in [5.41, 5.74) is 1.68. The Hall–Kier alpha value is -2.67. The van der Waals surface area contributed by atoms with Crippen LogP contribution in [0.1, 0.15) is 5.56 Å². The molecular weight excluding hydrogens is 318 g/mol. The maximum Gasteiger partial charge on any atom is 0.264 e. The van der Waals surface area contributed by atoms with E-state index in [9.17, 15) is 9.59 Å². The van der Waals surface area contributed by atoms with Crippen molar-refractivity contribution in [3.63, 3.8) is 0 Å². The van der Waals surface area contributed by atoms with E-state index < -0.39 is 0 Å². The van der Waals surface area contributed by atoms with Crippen LogP contribution in [0.4, 0.5) is 5.69 Å². The molecule has 0 aliphatic rings. The van der Waals surface area contributed by atoms with E-state index in [0.717, 1.165) is 5.56 Å². The molecule has 0 spiro atoms. The fourth-order valence-electron chi connectivity index (χ4n) is 2.21. The van der Waals surface area contributed by atoms with Crippen molar-refractivity contribution in [2.45, 2.75) is 13.5 Å². The maximum atomic E-state index is 12.3. The van der Waals surface area contributed by atoms with Crippen LogP contribution in [-0.2, 0) is 18.4 Å². The van der Waals surface area contributed by atoms with Gasteiger partial charge in [-0.15, -0.1) is 0 Å². The van der Waals surface area contributed by atoms with E-state index in [1.54, 1.807) is 19.2 Å². The number of benzene rings is 1. The lowest BCUT2D eigenvalue weighted by Crippen LogP contribution is -2.27. The molecule has 0 aliphatic heterocycles. The standard InChI is InChI=1S/C15H14ClN5O2/c1-9-3-4-10(5-12(9)16)19-13(22)7-21-8-17-14-11(15(21)23)6-18-20(14)2/h3-6,8H,7H2,1-2H3,(H,19,22). The fraction of sp³-hybridized carbons (Fsp3) is 0.200. The average Bonchev–Trinajstić information content (AvgIpc) is 2.88. The van der Waals surface area contributed by atoms with Gasteiger partial charge in [-0.25, -0.2) is 4.98 Å². The third kappa shape index (κ3) is 2.95. The Balaban J connectivity index is 1.81. The Morgan fingerprint density at radius 1 is 1.39 bits per heavy atom. The molecule has 1 aromatic carbocycles. The summed E-state index contributed by atoms with van der Waals surface area (Å²) in [6, 6.07) is 5.23. The Labute approximate surface area is 136 Å². The molecule has 0 saturated heterocycles. The smallest absolute Gasteiger partial charge is 0.264 e. The summed E-state index contributed by atoms with van der Waals surface area (Å²) < 4.78 is 2.75. The van der Waals surface area contributed by atoms with Crippen LogP contribution in [0.3, 0.4) is 0 Å². The first-order chi connectivity index (χ1) is 11.0. The van der Waals surface area contributed by atoms with E-state index in [-0.39, 0.29) is 18.0 Å². The number of rotatable bonds is 3. The Morgan fingerprint density at radius 2 is 2.17 bits per heavy atom. The first kappa shape index (κ1) is 15.2. The highest BCUT2D eigenvalue weighted by Gasteiger charge is 2.11. The van der Waals surface area contributed by atoms with E-state index >= 15 is 0 Å². The predicted molar refractivity (Wildman–Crippen MR) is 87.6 cm³/mol. The van der Waals surface area contributed by atoms with Crippen LogP contribution in [0.15, 0.2) is 35.5 Å². The third-order valence-corrected chi connectivity index (χ3v) is 3.89. The number of hydrogen-bond donors (Lipinski definition) is 1. The zero-order valence-corrected chi connectivity index (χ0v) is 13.3. The quantitative estimate of drug-likeness (QED) is 0.792. The number of hydrogen-bond acceptors (Lipinski definition) is 4. The van der Waals surface area contributed by atoms with E-state index in [1.807, 2.05) is 13.0 Å². The molecule has 2 aromatic heterocycles. The third-order valence-electron chi connectivity index (χ3n) is 3.49. The molecule has 0 unspecified atom stereocenters. The van der Waals surface area contributed by atoms with Gasteiger partial charge < -0.3 is 5.32 Å². The second-order valence-corrected chi connectivity index (χ2v) is 5.60. The number of amides is 1. The van der Waals surface area contributed by atoms with Gasteiger partial charge in [0.15, 0.2) is 5.65 Å². The lowest BCUT2D eigenvalue weighted by atomic mass is 10.2. The van der Waals surface area contributed by atoms with Gasteiger partial charge in [0, 0.05) is 17.8 Å². The molecule has 1 amide bonds. The van der Waals surface area contributed by atoms with Crippen molar-refractivity contribution in [3.8, 4) is 0 Å². The van der Waals surface area contributed by atoms with Crippen molar-refractivity contribution in [2.75, 3.05) is 5.32 Å². The summed E-state index contributed by atoms with van der Waals surface area (Å²) in [5, 5.41) is 7.64. The Kier molecular flexibility index (Phi) is 3.87. The van der Waals surface area contributed by atoms with Crippen molar-refractivity contribution in [3.05, 3.63) is 51.7 Å². The van der Waals surface area contributed by atoms with Crippen molar-refractivity contribution < 1.29 is 4.79 Å². The molecule has 0 radical (unpaired) electrons. The summed E-state index contributed by atoms with van der Waals surface area (Å²) in [6.07, 6.45) is 2.78. The van der Waals surface area contributed by atoms with Gasteiger partial charge in [0.1, 0.15) is 18.3 Å². The zero-order valence-electron chi connectivity index (χ0n) is 12.6.